The number of rotatable bonds is 1. The zero-order chi connectivity index (χ0) is 12.0. The predicted molar refractivity (Wildman–Crippen MR) is 82.8 cm³/mol. The van der Waals surface area contributed by atoms with E-state index in [9.17, 15) is 0 Å². The van der Waals surface area contributed by atoms with Crippen LogP contribution < -0.4 is 5.32 Å². The van der Waals surface area contributed by atoms with E-state index < -0.39 is 0 Å². The maximum atomic E-state index is 3.75. The van der Waals surface area contributed by atoms with Crippen LogP contribution in [0.25, 0.3) is 0 Å². The van der Waals surface area contributed by atoms with Crippen LogP contribution in [0.1, 0.15) is 16.5 Å². The molecule has 0 aliphatic carbocycles. The van der Waals surface area contributed by atoms with E-state index in [0.717, 1.165) is 0 Å². The van der Waals surface area contributed by atoms with Crippen molar-refractivity contribution < 1.29 is 0 Å². The van der Waals surface area contributed by atoms with Gasteiger partial charge in [-0.3, -0.25) is 0 Å². The topological polar surface area (TPSA) is 12.0 Å². The maximum absolute atomic E-state index is 3.75. The summed E-state index contributed by atoms with van der Waals surface area (Å²) >= 11 is 6.00. The van der Waals surface area contributed by atoms with Gasteiger partial charge in [-0.25, -0.2) is 0 Å². The number of thioether (sulfide) groups is 2. The monoisotopic (exact) mass is 291 g/mol. The van der Waals surface area contributed by atoms with Crippen LogP contribution >= 0.6 is 34.9 Å². The number of hydrogen-bond acceptors (Lipinski definition) is 4. The molecule has 2 aliphatic rings. The minimum absolute atomic E-state index is 0.225. The van der Waals surface area contributed by atoms with Crippen molar-refractivity contribution in [3.8, 4) is 0 Å². The molecular weight excluding hydrogens is 278 g/mol. The van der Waals surface area contributed by atoms with Gasteiger partial charge in [0.25, 0.3) is 0 Å². The zero-order valence-corrected chi connectivity index (χ0v) is 12.2. The fourth-order valence-electron chi connectivity index (χ4n) is 2.61. The Morgan fingerprint density at radius 3 is 2.94 bits per heavy atom. The highest BCUT2D eigenvalue weighted by molar-refractivity contribution is 8.05. The number of benzene rings is 1. The van der Waals surface area contributed by atoms with Crippen LogP contribution in [0.5, 0.6) is 0 Å². The molecular formula is C14H13NS3. The van der Waals surface area contributed by atoms with E-state index in [1.165, 1.54) is 27.6 Å². The molecule has 92 valence electrons. The number of anilines is 1. The van der Waals surface area contributed by atoms with Crippen molar-refractivity contribution in [1.82, 2.24) is 0 Å². The van der Waals surface area contributed by atoms with E-state index >= 15 is 0 Å². The summed E-state index contributed by atoms with van der Waals surface area (Å²) in [6.45, 7) is 0. The van der Waals surface area contributed by atoms with Crippen molar-refractivity contribution in [2.24, 2.45) is 0 Å². The molecule has 2 aromatic rings. The normalized spacial score (nSPS) is 29.4. The quantitative estimate of drug-likeness (QED) is 0.807. The van der Waals surface area contributed by atoms with Crippen LogP contribution in [0, 0.1) is 0 Å². The largest absolute Gasteiger partial charge is 0.369 e. The Hall–Kier alpha value is -0.580. The Balaban J connectivity index is 1.59. The van der Waals surface area contributed by atoms with Gasteiger partial charge in [0, 0.05) is 26.5 Å². The van der Waals surface area contributed by atoms with E-state index in [2.05, 4.69) is 58.9 Å². The van der Waals surface area contributed by atoms with Gasteiger partial charge in [-0.05, 0) is 30.0 Å². The molecule has 0 unspecified atom stereocenters. The van der Waals surface area contributed by atoms with Crippen molar-refractivity contribution in [1.29, 1.82) is 0 Å². The lowest BCUT2D eigenvalue weighted by Crippen LogP contribution is -2.30. The lowest BCUT2D eigenvalue weighted by molar-refractivity contribution is 0.701. The van der Waals surface area contributed by atoms with Crippen LogP contribution in [-0.2, 0) is 0 Å². The van der Waals surface area contributed by atoms with Crippen molar-refractivity contribution >= 4 is 40.5 Å². The third-order valence-electron chi connectivity index (χ3n) is 3.45. The second-order valence-corrected chi connectivity index (χ2v) is 8.33. The van der Waals surface area contributed by atoms with Crippen molar-refractivity contribution in [2.45, 2.75) is 21.4 Å². The molecule has 0 radical (unpaired) electrons. The number of thiophene rings is 1. The van der Waals surface area contributed by atoms with Gasteiger partial charge in [-0.1, -0.05) is 30.0 Å². The van der Waals surface area contributed by atoms with E-state index in [1.54, 1.807) is 0 Å². The van der Waals surface area contributed by atoms with E-state index in [-0.39, 0.29) is 4.87 Å². The Bertz CT molecular complexity index is 539. The summed E-state index contributed by atoms with van der Waals surface area (Å²) in [5.41, 5.74) is 1.31. The molecule has 0 amide bonds. The highest BCUT2D eigenvalue weighted by Gasteiger charge is 2.45. The second-order valence-electron chi connectivity index (χ2n) is 4.74. The third kappa shape index (κ3) is 1.78. The highest BCUT2D eigenvalue weighted by atomic mass is 32.2. The van der Waals surface area contributed by atoms with E-state index in [1.807, 2.05) is 23.1 Å². The number of hydrogen-bond donors (Lipinski definition) is 1. The van der Waals surface area contributed by atoms with Crippen LogP contribution in [0.4, 0.5) is 5.69 Å². The Kier molecular flexibility index (Phi) is 2.64. The highest BCUT2D eigenvalue weighted by Crippen LogP contribution is 2.58. The van der Waals surface area contributed by atoms with Gasteiger partial charge in [0.15, 0.2) is 0 Å². The minimum Gasteiger partial charge on any atom is -0.369 e. The summed E-state index contributed by atoms with van der Waals surface area (Å²) in [5.74, 6) is 1.19. The Labute approximate surface area is 119 Å². The molecule has 2 atom stereocenters. The maximum Gasteiger partial charge on any atom is 0.0986 e. The fourth-order valence-corrected chi connectivity index (χ4v) is 6.74. The number of para-hydroxylation sites is 1. The van der Waals surface area contributed by atoms with Gasteiger partial charge in [0.2, 0.25) is 0 Å². The summed E-state index contributed by atoms with van der Waals surface area (Å²) in [6, 6.07) is 13.1. The molecule has 1 aromatic carbocycles. The van der Waals surface area contributed by atoms with Crippen LogP contribution in [0.2, 0.25) is 0 Å². The number of fused-ring (bicyclic) bond motifs is 1. The predicted octanol–water partition coefficient (Wildman–Crippen LogP) is 4.84. The molecule has 1 N–H and O–H groups in total. The Morgan fingerprint density at radius 2 is 2.11 bits per heavy atom. The Morgan fingerprint density at radius 1 is 1.17 bits per heavy atom. The van der Waals surface area contributed by atoms with Gasteiger partial charge in [-0.15, -0.1) is 23.1 Å². The molecule has 18 heavy (non-hydrogen) atoms. The summed E-state index contributed by atoms with van der Waals surface area (Å²) in [5, 5.41) is 6.60. The molecule has 0 saturated carbocycles. The third-order valence-corrected chi connectivity index (χ3v) is 7.63. The van der Waals surface area contributed by atoms with Crippen molar-refractivity contribution in [2.75, 3.05) is 11.1 Å². The molecule has 1 spiro atoms. The summed E-state index contributed by atoms with van der Waals surface area (Å²) < 4.78 is 0. The molecule has 4 heteroatoms. The summed E-state index contributed by atoms with van der Waals surface area (Å²) in [4.78, 5) is 3.16. The van der Waals surface area contributed by atoms with E-state index in [4.69, 9.17) is 0 Å². The molecule has 4 rings (SSSR count). The average molecular weight is 291 g/mol. The molecule has 1 fully saturated rings. The first-order valence-corrected chi connectivity index (χ1v) is 8.80. The van der Waals surface area contributed by atoms with Gasteiger partial charge < -0.3 is 5.32 Å². The summed E-state index contributed by atoms with van der Waals surface area (Å²) in [6.07, 6.45) is 1.22. The first-order valence-electron chi connectivity index (χ1n) is 6.06. The number of nitrogens with one attached hydrogen (secondary N) is 1. The molecule has 2 aliphatic heterocycles. The molecule has 3 heterocycles. The lowest BCUT2D eigenvalue weighted by Gasteiger charge is -2.22. The van der Waals surface area contributed by atoms with Crippen LogP contribution in [0.3, 0.4) is 0 Å². The molecule has 0 bridgehead atoms. The van der Waals surface area contributed by atoms with Crippen molar-refractivity contribution in [3.63, 3.8) is 0 Å². The van der Waals surface area contributed by atoms with Gasteiger partial charge in [-0.2, -0.15) is 0 Å². The average Bonchev–Trinajstić information content (AvgIpc) is 3.08. The molecule has 1 aromatic heterocycles. The van der Waals surface area contributed by atoms with Gasteiger partial charge >= 0.3 is 0 Å². The first kappa shape index (κ1) is 11.3. The standard InChI is InChI=1S/C14H13NS3/c1-2-5-11-10(4-1)15-14(18-11)8-13(17-9-14)12-6-3-7-16-12/h1-7,13,15H,8-9H2/t13-,14+/m1/s1. The molecule has 1 nitrogen and oxygen atoms in total. The van der Waals surface area contributed by atoms with Gasteiger partial charge in [0.1, 0.15) is 0 Å². The second kappa shape index (κ2) is 4.22. The van der Waals surface area contributed by atoms with Crippen LogP contribution in [0.15, 0.2) is 46.7 Å². The lowest BCUT2D eigenvalue weighted by atomic mass is 10.1. The van der Waals surface area contributed by atoms with Crippen LogP contribution in [-0.4, -0.2) is 10.6 Å². The smallest absolute Gasteiger partial charge is 0.0986 e. The van der Waals surface area contributed by atoms with E-state index in [0.29, 0.717) is 5.25 Å². The summed E-state index contributed by atoms with van der Waals surface area (Å²) in [7, 11) is 0. The minimum atomic E-state index is 0.225. The first-order chi connectivity index (χ1) is 8.85. The zero-order valence-electron chi connectivity index (χ0n) is 9.76. The molecule has 1 saturated heterocycles. The van der Waals surface area contributed by atoms with Crippen molar-refractivity contribution in [3.05, 3.63) is 46.7 Å². The SMILES string of the molecule is c1csc([C@H]2C[C@]3(CS2)Nc2ccccc2S3)c1. The van der Waals surface area contributed by atoms with Gasteiger partial charge in [0.05, 0.1) is 4.87 Å². The fraction of sp³-hybridized carbons (Fsp3) is 0.286.